The molecule has 0 fully saturated rings. The Bertz CT molecular complexity index is 925. The van der Waals surface area contributed by atoms with Crippen LogP contribution in [-0.2, 0) is 4.74 Å². The molecule has 152 valence electrons. The fourth-order valence-electron chi connectivity index (χ4n) is 2.59. The third-order valence-corrected chi connectivity index (χ3v) is 4.78. The topological polar surface area (TPSA) is 69.7 Å². The molecule has 0 saturated carbocycles. The molecule has 0 saturated heterocycles. The second-order valence-corrected chi connectivity index (χ2v) is 7.06. The highest BCUT2D eigenvalue weighted by Gasteiger charge is 2.14. The molecule has 0 aliphatic heterocycles. The number of anilines is 1. The number of carbonyl (C=O) groups is 1. The van der Waals surface area contributed by atoms with Crippen LogP contribution in [0, 0.1) is 0 Å². The standard InChI is InChI=1S/C22H24N2O4S/c1-3-12-27-17-10-8-16(9-11-17)19-15-29-22(23-19)24-21(25)18-6-4-5-7-20(18)28-14-13-26-2/h4-11,15H,3,12-14H2,1-2H3,(H,23,24,25). The quantitative estimate of drug-likeness (QED) is 0.481. The Morgan fingerprint density at radius 1 is 1.03 bits per heavy atom. The van der Waals surface area contributed by atoms with E-state index in [2.05, 4.69) is 17.2 Å². The molecular weight excluding hydrogens is 388 g/mol. The summed E-state index contributed by atoms with van der Waals surface area (Å²) in [6, 6.07) is 14.9. The number of rotatable bonds is 10. The molecule has 1 amide bonds. The van der Waals surface area contributed by atoms with Gasteiger partial charge in [0.15, 0.2) is 5.13 Å². The van der Waals surface area contributed by atoms with Crippen LogP contribution in [-0.4, -0.2) is 37.8 Å². The highest BCUT2D eigenvalue weighted by Crippen LogP contribution is 2.27. The predicted octanol–water partition coefficient (Wildman–Crippen LogP) is 4.88. The number of nitrogens with zero attached hydrogens (tertiary/aromatic N) is 1. The first-order valence-electron chi connectivity index (χ1n) is 9.42. The summed E-state index contributed by atoms with van der Waals surface area (Å²) in [7, 11) is 1.60. The second kappa shape index (κ2) is 10.6. The van der Waals surface area contributed by atoms with Crippen molar-refractivity contribution in [3.63, 3.8) is 0 Å². The number of para-hydroxylation sites is 1. The van der Waals surface area contributed by atoms with Gasteiger partial charge in [-0.05, 0) is 42.8 Å². The van der Waals surface area contributed by atoms with Gasteiger partial charge in [0.25, 0.3) is 5.91 Å². The van der Waals surface area contributed by atoms with Crippen molar-refractivity contribution in [3.05, 3.63) is 59.5 Å². The van der Waals surface area contributed by atoms with E-state index in [4.69, 9.17) is 14.2 Å². The van der Waals surface area contributed by atoms with Gasteiger partial charge >= 0.3 is 0 Å². The van der Waals surface area contributed by atoms with Gasteiger partial charge in [0.1, 0.15) is 18.1 Å². The monoisotopic (exact) mass is 412 g/mol. The smallest absolute Gasteiger partial charge is 0.261 e. The molecule has 6 nitrogen and oxygen atoms in total. The van der Waals surface area contributed by atoms with E-state index in [9.17, 15) is 4.79 Å². The Kier molecular flexibility index (Phi) is 7.61. The Labute approximate surface area is 174 Å². The minimum absolute atomic E-state index is 0.262. The van der Waals surface area contributed by atoms with Crippen molar-refractivity contribution < 1.29 is 19.0 Å². The SMILES string of the molecule is CCCOc1ccc(-c2csc(NC(=O)c3ccccc3OCCOC)n2)cc1. The summed E-state index contributed by atoms with van der Waals surface area (Å²) in [5.41, 5.74) is 2.23. The average molecular weight is 413 g/mol. The zero-order valence-electron chi connectivity index (χ0n) is 16.5. The van der Waals surface area contributed by atoms with E-state index < -0.39 is 0 Å². The van der Waals surface area contributed by atoms with E-state index in [0.717, 1.165) is 23.4 Å². The number of thiazole rings is 1. The molecule has 0 atom stereocenters. The number of hydrogen-bond donors (Lipinski definition) is 1. The lowest BCUT2D eigenvalue weighted by Gasteiger charge is -2.10. The highest BCUT2D eigenvalue weighted by molar-refractivity contribution is 7.14. The minimum Gasteiger partial charge on any atom is -0.494 e. The number of benzene rings is 2. The Morgan fingerprint density at radius 3 is 2.59 bits per heavy atom. The lowest BCUT2D eigenvalue weighted by atomic mass is 10.2. The maximum atomic E-state index is 12.7. The van der Waals surface area contributed by atoms with Crippen LogP contribution in [0.5, 0.6) is 11.5 Å². The maximum absolute atomic E-state index is 12.7. The summed E-state index contributed by atoms with van der Waals surface area (Å²) in [5.74, 6) is 1.09. The third kappa shape index (κ3) is 5.79. The van der Waals surface area contributed by atoms with Gasteiger partial charge in [0, 0.05) is 18.1 Å². The number of hydrogen-bond acceptors (Lipinski definition) is 6. The zero-order valence-corrected chi connectivity index (χ0v) is 17.3. The molecule has 29 heavy (non-hydrogen) atoms. The van der Waals surface area contributed by atoms with Crippen LogP contribution in [0.1, 0.15) is 23.7 Å². The number of ether oxygens (including phenoxy) is 3. The van der Waals surface area contributed by atoms with Crippen molar-refractivity contribution >= 4 is 22.4 Å². The van der Waals surface area contributed by atoms with Crippen LogP contribution in [0.25, 0.3) is 11.3 Å². The lowest BCUT2D eigenvalue weighted by Crippen LogP contribution is -2.14. The molecule has 1 aromatic heterocycles. The molecule has 0 bridgehead atoms. The van der Waals surface area contributed by atoms with Gasteiger partial charge in [-0.2, -0.15) is 0 Å². The van der Waals surface area contributed by atoms with Crippen molar-refractivity contribution in [2.75, 3.05) is 32.2 Å². The maximum Gasteiger partial charge on any atom is 0.261 e. The second-order valence-electron chi connectivity index (χ2n) is 6.20. The molecule has 0 aliphatic carbocycles. The number of methoxy groups -OCH3 is 1. The van der Waals surface area contributed by atoms with Crippen molar-refractivity contribution in [2.24, 2.45) is 0 Å². The van der Waals surface area contributed by atoms with Crippen LogP contribution < -0.4 is 14.8 Å². The predicted molar refractivity (Wildman–Crippen MR) is 115 cm³/mol. The minimum atomic E-state index is -0.262. The van der Waals surface area contributed by atoms with Crippen LogP contribution in [0.15, 0.2) is 53.9 Å². The third-order valence-electron chi connectivity index (χ3n) is 4.02. The number of carbonyl (C=O) groups excluding carboxylic acids is 1. The summed E-state index contributed by atoms with van der Waals surface area (Å²) >= 11 is 1.38. The number of amides is 1. The van der Waals surface area contributed by atoms with Gasteiger partial charge in [-0.3, -0.25) is 10.1 Å². The molecule has 0 aliphatic rings. The van der Waals surface area contributed by atoms with E-state index >= 15 is 0 Å². The fraction of sp³-hybridized carbons (Fsp3) is 0.273. The van der Waals surface area contributed by atoms with E-state index in [1.54, 1.807) is 25.3 Å². The summed E-state index contributed by atoms with van der Waals surface area (Å²) in [4.78, 5) is 17.2. The molecule has 2 aromatic carbocycles. The summed E-state index contributed by atoms with van der Waals surface area (Å²) in [6.45, 7) is 3.60. The summed E-state index contributed by atoms with van der Waals surface area (Å²) in [6.07, 6.45) is 0.970. The van der Waals surface area contributed by atoms with Crippen molar-refractivity contribution in [3.8, 4) is 22.8 Å². The molecule has 3 rings (SSSR count). The van der Waals surface area contributed by atoms with Crippen LogP contribution in [0.2, 0.25) is 0 Å². The molecular formula is C22H24N2O4S. The Balaban J connectivity index is 1.66. The van der Waals surface area contributed by atoms with Gasteiger partial charge < -0.3 is 14.2 Å². The average Bonchev–Trinajstić information content (AvgIpc) is 3.21. The van der Waals surface area contributed by atoms with Crippen LogP contribution in [0.3, 0.4) is 0 Å². The highest BCUT2D eigenvalue weighted by atomic mass is 32.1. The first kappa shape index (κ1) is 20.8. The normalized spacial score (nSPS) is 10.6. The lowest BCUT2D eigenvalue weighted by molar-refractivity contribution is 0.101. The molecule has 1 heterocycles. The number of aromatic nitrogens is 1. The Morgan fingerprint density at radius 2 is 1.83 bits per heavy atom. The zero-order chi connectivity index (χ0) is 20.5. The molecule has 0 unspecified atom stereocenters. The van der Waals surface area contributed by atoms with E-state index in [-0.39, 0.29) is 5.91 Å². The first-order chi connectivity index (χ1) is 14.2. The fourth-order valence-corrected chi connectivity index (χ4v) is 3.30. The van der Waals surface area contributed by atoms with Gasteiger partial charge in [0.05, 0.1) is 24.5 Å². The van der Waals surface area contributed by atoms with E-state index in [0.29, 0.717) is 36.3 Å². The van der Waals surface area contributed by atoms with Crippen molar-refractivity contribution in [2.45, 2.75) is 13.3 Å². The molecule has 0 radical (unpaired) electrons. The van der Waals surface area contributed by atoms with Gasteiger partial charge in [-0.1, -0.05) is 19.1 Å². The first-order valence-corrected chi connectivity index (χ1v) is 10.3. The van der Waals surface area contributed by atoms with Crippen LogP contribution in [0.4, 0.5) is 5.13 Å². The molecule has 1 N–H and O–H groups in total. The van der Waals surface area contributed by atoms with Gasteiger partial charge in [0.2, 0.25) is 0 Å². The molecule has 3 aromatic rings. The van der Waals surface area contributed by atoms with Gasteiger partial charge in [-0.15, -0.1) is 11.3 Å². The van der Waals surface area contributed by atoms with Crippen molar-refractivity contribution in [1.29, 1.82) is 0 Å². The molecule has 7 heteroatoms. The summed E-state index contributed by atoms with van der Waals surface area (Å²) in [5, 5.41) is 5.30. The molecule has 0 spiro atoms. The van der Waals surface area contributed by atoms with E-state index in [1.807, 2.05) is 35.7 Å². The Hall–Kier alpha value is -2.90. The van der Waals surface area contributed by atoms with Crippen molar-refractivity contribution in [1.82, 2.24) is 4.98 Å². The summed E-state index contributed by atoms with van der Waals surface area (Å²) < 4.78 is 16.2. The largest absolute Gasteiger partial charge is 0.494 e. The number of nitrogens with one attached hydrogen (secondary N) is 1. The van der Waals surface area contributed by atoms with Gasteiger partial charge in [-0.25, -0.2) is 4.98 Å². The van der Waals surface area contributed by atoms with Crippen LogP contribution >= 0.6 is 11.3 Å². The van der Waals surface area contributed by atoms with E-state index in [1.165, 1.54) is 11.3 Å².